The topological polar surface area (TPSA) is 125 Å². The number of anilines is 1. The summed E-state index contributed by atoms with van der Waals surface area (Å²) in [5.74, 6) is 0. The second-order valence-electron chi connectivity index (χ2n) is 4.07. The number of nitrogens with two attached hydrogens (primary N) is 1. The van der Waals surface area contributed by atoms with E-state index in [1.54, 1.807) is 6.07 Å². The van der Waals surface area contributed by atoms with Crippen LogP contribution >= 0.6 is 0 Å². The van der Waals surface area contributed by atoms with Gasteiger partial charge in [-0.25, -0.2) is 0 Å². The molecule has 2 rings (SSSR count). The molecule has 0 bridgehead atoms. The number of rotatable bonds is 4. The molecular weight excluding hydrogens is 276 g/mol. The number of nitro benzene ring substituents is 2. The zero-order valence-corrected chi connectivity index (χ0v) is 10.7. The number of hydrogen-bond acceptors (Lipinski definition) is 6. The SMILES string of the molecule is Nc1ccc([N+](=O)[O-])cc1/N=C/c1ccccc1[N+](=O)[O-]. The number of nitrogens with zero attached hydrogens (tertiary/aromatic N) is 3. The van der Waals surface area contributed by atoms with Crippen LogP contribution in [0.2, 0.25) is 0 Å². The van der Waals surface area contributed by atoms with Gasteiger partial charge in [0, 0.05) is 24.4 Å². The number of nitrogen functional groups attached to an aromatic ring is 1. The predicted octanol–water partition coefficient (Wildman–Crippen LogP) is 2.84. The van der Waals surface area contributed by atoms with Crippen LogP contribution in [0.1, 0.15) is 5.56 Å². The van der Waals surface area contributed by atoms with E-state index >= 15 is 0 Å². The molecule has 21 heavy (non-hydrogen) atoms. The van der Waals surface area contributed by atoms with E-state index in [4.69, 9.17) is 5.73 Å². The van der Waals surface area contributed by atoms with E-state index in [9.17, 15) is 20.2 Å². The van der Waals surface area contributed by atoms with E-state index < -0.39 is 9.85 Å². The molecule has 0 aromatic heterocycles. The first kappa shape index (κ1) is 14.1. The largest absolute Gasteiger partial charge is 0.397 e. The van der Waals surface area contributed by atoms with Gasteiger partial charge in [-0.2, -0.15) is 0 Å². The summed E-state index contributed by atoms with van der Waals surface area (Å²) in [6.45, 7) is 0. The quantitative estimate of drug-likeness (QED) is 0.400. The number of hydrogen-bond donors (Lipinski definition) is 1. The van der Waals surface area contributed by atoms with Crippen molar-refractivity contribution in [1.29, 1.82) is 0 Å². The van der Waals surface area contributed by atoms with E-state index in [1.807, 2.05) is 0 Å². The summed E-state index contributed by atoms with van der Waals surface area (Å²) in [5.41, 5.74) is 6.14. The smallest absolute Gasteiger partial charge is 0.278 e. The van der Waals surface area contributed by atoms with Crippen LogP contribution in [0.5, 0.6) is 0 Å². The number of aliphatic imine (C=N–C) groups is 1. The van der Waals surface area contributed by atoms with Crippen molar-refractivity contribution in [2.75, 3.05) is 5.73 Å². The molecule has 106 valence electrons. The van der Waals surface area contributed by atoms with Gasteiger partial charge in [0.15, 0.2) is 0 Å². The predicted molar refractivity (Wildman–Crippen MR) is 77.9 cm³/mol. The lowest BCUT2D eigenvalue weighted by Gasteiger charge is -2.00. The monoisotopic (exact) mass is 286 g/mol. The van der Waals surface area contributed by atoms with Gasteiger partial charge in [0.1, 0.15) is 0 Å². The van der Waals surface area contributed by atoms with E-state index in [1.165, 1.54) is 42.6 Å². The van der Waals surface area contributed by atoms with E-state index in [-0.39, 0.29) is 28.3 Å². The number of non-ortho nitro benzene ring substituents is 1. The van der Waals surface area contributed by atoms with Gasteiger partial charge in [0.25, 0.3) is 11.4 Å². The molecule has 0 unspecified atom stereocenters. The molecule has 0 radical (unpaired) electrons. The minimum Gasteiger partial charge on any atom is -0.397 e. The van der Waals surface area contributed by atoms with Crippen LogP contribution in [0.3, 0.4) is 0 Å². The number of nitro groups is 2. The minimum absolute atomic E-state index is 0.106. The molecule has 0 amide bonds. The van der Waals surface area contributed by atoms with Crippen molar-refractivity contribution in [1.82, 2.24) is 0 Å². The highest BCUT2D eigenvalue weighted by Gasteiger charge is 2.11. The Balaban J connectivity index is 2.40. The first-order valence-electron chi connectivity index (χ1n) is 5.80. The Morgan fingerprint density at radius 1 is 1.05 bits per heavy atom. The molecule has 8 nitrogen and oxygen atoms in total. The lowest BCUT2D eigenvalue weighted by Crippen LogP contribution is -1.94. The first-order chi connectivity index (χ1) is 9.99. The van der Waals surface area contributed by atoms with Crippen molar-refractivity contribution in [2.45, 2.75) is 0 Å². The fourth-order valence-electron chi connectivity index (χ4n) is 1.66. The molecule has 2 aromatic rings. The lowest BCUT2D eigenvalue weighted by molar-refractivity contribution is -0.385. The summed E-state index contributed by atoms with van der Waals surface area (Å²) in [7, 11) is 0. The number of benzene rings is 2. The highest BCUT2D eigenvalue weighted by atomic mass is 16.6. The van der Waals surface area contributed by atoms with Crippen molar-refractivity contribution >= 4 is 29.0 Å². The zero-order valence-electron chi connectivity index (χ0n) is 10.7. The molecule has 2 aromatic carbocycles. The average Bonchev–Trinajstić information content (AvgIpc) is 2.46. The van der Waals surface area contributed by atoms with E-state index in [0.29, 0.717) is 0 Å². The van der Waals surface area contributed by atoms with E-state index in [0.717, 1.165) is 0 Å². The molecule has 0 aliphatic rings. The Labute approximate surface area is 118 Å². The van der Waals surface area contributed by atoms with Crippen molar-refractivity contribution in [3.05, 3.63) is 68.3 Å². The van der Waals surface area contributed by atoms with Crippen LogP contribution in [0.15, 0.2) is 47.5 Å². The summed E-state index contributed by atoms with van der Waals surface area (Å²) in [6.07, 6.45) is 1.26. The fraction of sp³-hybridized carbons (Fsp3) is 0. The lowest BCUT2D eigenvalue weighted by atomic mass is 10.2. The van der Waals surface area contributed by atoms with Gasteiger partial charge in [-0.15, -0.1) is 0 Å². The molecule has 0 atom stereocenters. The maximum atomic E-state index is 10.9. The van der Waals surface area contributed by atoms with Crippen molar-refractivity contribution in [3.63, 3.8) is 0 Å². The van der Waals surface area contributed by atoms with Crippen molar-refractivity contribution < 1.29 is 9.85 Å². The summed E-state index contributed by atoms with van der Waals surface area (Å²) in [5, 5.41) is 21.6. The van der Waals surface area contributed by atoms with Crippen LogP contribution in [0, 0.1) is 20.2 Å². The molecule has 0 saturated carbocycles. The van der Waals surface area contributed by atoms with Gasteiger partial charge in [0.2, 0.25) is 0 Å². The molecule has 2 N–H and O–H groups in total. The molecule has 0 fully saturated rings. The van der Waals surface area contributed by atoms with Gasteiger partial charge < -0.3 is 5.73 Å². The normalized spacial score (nSPS) is 10.7. The standard InChI is InChI=1S/C13H10N4O4/c14-11-6-5-10(16(18)19)7-12(11)15-8-9-3-1-2-4-13(9)17(20)21/h1-8H,14H2/b15-8+. The third-order valence-electron chi connectivity index (χ3n) is 2.70. The van der Waals surface area contributed by atoms with Crippen molar-refractivity contribution in [3.8, 4) is 0 Å². The average molecular weight is 286 g/mol. The highest BCUT2D eigenvalue weighted by molar-refractivity contribution is 5.88. The summed E-state index contributed by atoms with van der Waals surface area (Å²) in [6, 6.07) is 9.87. The van der Waals surface area contributed by atoms with Crippen LogP contribution < -0.4 is 5.73 Å². The molecule has 0 aliphatic heterocycles. The Morgan fingerprint density at radius 2 is 1.76 bits per heavy atom. The third-order valence-corrected chi connectivity index (χ3v) is 2.70. The Morgan fingerprint density at radius 3 is 2.43 bits per heavy atom. The minimum atomic E-state index is -0.566. The highest BCUT2D eigenvalue weighted by Crippen LogP contribution is 2.27. The molecule has 0 spiro atoms. The first-order valence-corrected chi connectivity index (χ1v) is 5.80. The zero-order chi connectivity index (χ0) is 15.4. The second kappa shape index (κ2) is 5.78. The number of para-hydroxylation sites is 1. The Kier molecular flexibility index (Phi) is 3.89. The Hall–Kier alpha value is -3.29. The molecule has 0 saturated heterocycles. The maximum absolute atomic E-state index is 10.9. The van der Waals surface area contributed by atoms with Crippen LogP contribution in [-0.4, -0.2) is 16.1 Å². The van der Waals surface area contributed by atoms with E-state index in [2.05, 4.69) is 4.99 Å². The second-order valence-corrected chi connectivity index (χ2v) is 4.07. The maximum Gasteiger partial charge on any atom is 0.278 e. The molecule has 0 aliphatic carbocycles. The third kappa shape index (κ3) is 3.18. The molecule has 0 heterocycles. The van der Waals surface area contributed by atoms with Gasteiger partial charge in [-0.3, -0.25) is 25.2 Å². The fourth-order valence-corrected chi connectivity index (χ4v) is 1.66. The van der Waals surface area contributed by atoms with Gasteiger partial charge >= 0.3 is 0 Å². The summed E-state index contributed by atoms with van der Waals surface area (Å²) in [4.78, 5) is 24.5. The van der Waals surface area contributed by atoms with Crippen LogP contribution in [0.25, 0.3) is 0 Å². The summed E-state index contributed by atoms with van der Waals surface area (Å²) >= 11 is 0. The van der Waals surface area contributed by atoms with Crippen molar-refractivity contribution in [2.24, 2.45) is 4.99 Å². The van der Waals surface area contributed by atoms with Crippen LogP contribution in [-0.2, 0) is 0 Å². The molecule has 8 heteroatoms. The van der Waals surface area contributed by atoms with Gasteiger partial charge in [0.05, 0.1) is 26.8 Å². The molecular formula is C13H10N4O4. The van der Waals surface area contributed by atoms with Gasteiger partial charge in [-0.05, 0) is 12.1 Å². The van der Waals surface area contributed by atoms with Gasteiger partial charge in [-0.1, -0.05) is 12.1 Å². The summed E-state index contributed by atoms with van der Waals surface area (Å²) < 4.78 is 0. The Bertz CT molecular complexity index is 743. The van der Waals surface area contributed by atoms with Crippen LogP contribution in [0.4, 0.5) is 22.7 Å².